The first-order chi connectivity index (χ1) is 8.92. The fraction of sp³-hybridized carbons (Fsp3) is 0.400. The van der Waals surface area contributed by atoms with Crippen LogP contribution in [-0.4, -0.2) is 33.5 Å². The van der Waals surface area contributed by atoms with Crippen LogP contribution < -0.4 is 15.2 Å². The molecule has 8 nitrogen and oxygen atoms in total. The normalized spacial score (nSPS) is 10.7. The molecule has 0 aliphatic carbocycles. The molecule has 10 heteroatoms. The van der Waals surface area contributed by atoms with Gasteiger partial charge < -0.3 is 10.5 Å². The van der Waals surface area contributed by atoms with Crippen LogP contribution in [0, 0.1) is 10.1 Å². The summed E-state index contributed by atoms with van der Waals surface area (Å²) in [5, 5.41) is 10.8. The highest BCUT2D eigenvalue weighted by atomic mass is 35.5. The van der Waals surface area contributed by atoms with Gasteiger partial charge in [0.2, 0.25) is 10.0 Å². The molecular formula is C10H16ClN3O5S. The van der Waals surface area contributed by atoms with Crippen LogP contribution in [0.25, 0.3) is 0 Å². The number of hydrogen-bond donors (Lipinski definition) is 2. The highest BCUT2D eigenvalue weighted by molar-refractivity contribution is 7.89. The number of methoxy groups -OCH3 is 1. The molecule has 0 aliphatic heterocycles. The van der Waals surface area contributed by atoms with E-state index in [4.69, 9.17) is 10.5 Å². The predicted molar refractivity (Wildman–Crippen MR) is 75.8 cm³/mol. The number of nitrogens with zero attached hydrogens (tertiary/aromatic N) is 1. The Morgan fingerprint density at radius 1 is 1.45 bits per heavy atom. The van der Waals surface area contributed by atoms with Gasteiger partial charge in [-0.15, -0.1) is 12.4 Å². The van der Waals surface area contributed by atoms with Crippen LogP contribution in [0.1, 0.15) is 6.42 Å². The monoisotopic (exact) mass is 325 g/mol. The van der Waals surface area contributed by atoms with Crippen molar-refractivity contribution in [3.05, 3.63) is 28.3 Å². The van der Waals surface area contributed by atoms with E-state index in [1.54, 1.807) is 0 Å². The maximum absolute atomic E-state index is 11.9. The van der Waals surface area contributed by atoms with E-state index in [-0.39, 0.29) is 29.6 Å². The van der Waals surface area contributed by atoms with Gasteiger partial charge in [0, 0.05) is 12.6 Å². The number of hydrogen-bond acceptors (Lipinski definition) is 6. The molecule has 1 rings (SSSR count). The lowest BCUT2D eigenvalue weighted by atomic mass is 10.3. The van der Waals surface area contributed by atoms with E-state index in [0.29, 0.717) is 13.0 Å². The average Bonchev–Trinajstić information content (AvgIpc) is 2.38. The summed E-state index contributed by atoms with van der Waals surface area (Å²) >= 11 is 0. The van der Waals surface area contributed by atoms with Gasteiger partial charge in [-0.25, -0.2) is 13.1 Å². The zero-order chi connectivity index (χ0) is 14.5. The minimum Gasteiger partial charge on any atom is -0.490 e. The third-order valence-corrected chi connectivity index (χ3v) is 3.79. The molecule has 0 spiro atoms. The predicted octanol–water partition coefficient (Wildman–Crippen LogP) is 0.652. The van der Waals surface area contributed by atoms with Gasteiger partial charge in [0.25, 0.3) is 0 Å². The van der Waals surface area contributed by atoms with Gasteiger partial charge in [-0.05, 0) is 25.1 Å². The summed E-state index contributed by atoms with van der Waals surface area (Å²) in [7, 11) is -2.51. The molecule has 0 heterocycles. The van der Waals surface area contributed by atoms with E-state index >= 15 is 0 Å². The van der Waals surface area contributed by atoms with Crippen molar-refractivity contribution in [2.24, 2.45) is 5.73 Å². The zero-order valence-corrected chi connectivity index (χ0v) is 12.4. The maximum atomic E-state index is 11.9. The van der Waals surface area contributed by atoms with Crippen LogP contribution >= 0.6 is 12.4 Å². The van der Waals surface area contributed by atoms with E-state index in [1.165, 1.54) is 19.2 Å². The van der Waals surface area contributed by atoms with E-state index in [1.807, 2.05) is 0 Å². The molecule has 0 aromatic heterocycles. The van der Waals surface area contributed by atoms with Crippen molar-refractivity contribution in [2.45, 2.75) is 11.3 Å². The van der Waals surface area contributed by atoms with E-state index < -0.39 is 20.6 Å². The second kappa shape index (κ2) is 8.00. The smallest absolute Gasteiger partial charge is 0.312 e. The largest absolute Gasteiger partial charge is 0.490 e. The third-order valence-electron chi connectivity index (χ3n) is 2.33. The molecule has 1 aromatic rings. The Morgan fingerprint density at radius 2 is 2.10 bits per heavy atom. The topological polar surface area (TPSA) is 125 Å². The van der Waals surface area contributed by atoms with Crippen LogP contribution in [0.2, 0.25) is 0 Å². The molecule has 0 aliphatic rings. The number of nitrogens with one attached hydrogen (secondary N) is 1. The number of nitro groups is 1. The van der Waals surface area contributed by atoms with Crippen LogP contribution in [0.5, 0.6) is 5.75 Å². The molecule has 0 atom stereocenters. The summed E-state index contributed by atoms with van der Waals surface area (Å²) in [5.41, 5.74) is 4.86. The summed E-state index contributed by atoms with van der Waals surface area (Å²) in [6.07, 6.45) is 0.484. The number of nitrogens with two attached hydrogens (primary N) is 1. The van der Waals surface area contributed by atoms with Crippen molar-refractivity contribution in [1.29, 1.82) is 0 Å². The van der Waals surface area contributed by atoms with E-state index in [9.17, 15) is 18.5 Å². The molecular weight excluding hydrogens is 310 g/mol. The number of halogens is 1. The standard InChI is InChI=1S/C10H15N3O5S.ClH/c1-18-10-4-3-8(7-9(10)13(14)15)19(16,17)12-6-2-5-11;/h3-4,7,12H,2,5-6,11H2,1H3;1H. The van der Waals surface area contributed by atoms with Crippen molar-refractivity contribution in [2.75, 3.05) is 20.2 Å². The molecule has 0 bridgehead atoms. The van der Waals surface area contributed by atoms with Crippen molar-refractivity contribution in [3.63, 3.8) is 0 Å². The van der Waals surface area contributed by atoms with Gasteiger partial charge in [0.05, 0.1) is 16.9 Å². The summed E-state index contributed by atoms with van der Waals surface area (Å²) < 4.78 is 30.8. The number of sulfonamides is 1. The third kappa shape index (κ3) is 4.60. The van der Waals surface area contributed by atoms with Crippen molar-refractivity contribution in [1.82, 2.24) is 4.72 Å². The summed E-state index contributed by atoms with van der Waals surface area (Å²) in [6, 6.07) is 3.45. The lowest BCUT2D eigenvalue weighted by Gasteiger charge is -2.07. The maximum Gasteiger partial charge on any atom is 0.312 e. The highest BCUT2D eigenvalue weighted by Crippen LogP contribution is 2.29. The SMILES string of the molecule is COc1ccc(S(=O)(=O)NCCCN)cc1[N+](=O)[O-].Cl. The number of rotatable bonds is 7. The number of ether oxygens (including phenoxy) is 1. The fourth-order valence-corrected chi connectivity index (χ4v) is 2.47. The molecule has 3 N–H and O–H groups in total. The van der Waals surface area contributed by atoms with Gasteiger partial charge >= 0.3 is 5.69 Å². The lowest BCUT2D eigenvalue weighted by molar-refractivity contribution is -0.386. The summed E-state index contributed by atoms with van der Waals surface area (Å²) in [6.45, 7) is 0.532. The Morgan fingerprint density at radius 3 is 2.60 bits per heavy atom. The molecule has 0 radical (unpaired) electrons. The molecule has 20 heavy (non-hydrogen) atoms. The summed E-state index contributed by atoms with van der Waals surface area (Å²) in [4.78, 5) is 9.93. The number of benzene rings is 1. The first kappa shape index (κ1) is 18.6. The van der Waals surface area contributed by atoms with Crippen molar-refractivity contribution < 1.29 is 18.1 Å². The molecule has 0 unspecified atom stereocenters. The molecule has 0 amide bonds. The minimum atomic E-state index is -3.78. The molecule has 0 saturated carbocycles. The van der Waals surface area contributed by atoms with Crippen LogP contribution in [0.3, 0.4) is 0 Å². The summed E-state index contributed by atoms with van der Waals surface area (Å²) in [5.74, 6) is 0.00547. The molecule has 0 saturated heterocycles. The van der Waals surface area contributed by atoms with Crippen molar-refractivity contribution >= 4 is 28.1 Å². The second-order valence-electron chi connectivity index (χ2n) is 3.63. The van der Waals surface area contributed by atoms with Gasteiger partial charge in [-0.2, -0.15) is 0 Å². The van der Waals surface area contributed by atoms with Crippen LogP contribution in [0.4, 0.5) is 5.69 Å². The van der Waals surface area contributed by atoms with Gasteiger partial charge in [-0.1, -0.05) is 0 Å². The Labute approximate surface area is 122 Å². The van der Waals surface area contributed by atoms with E-state index in [2.05, 4.69) is 4.72 Å². The second-order valence-corrected chi connectivity index (χ2v) is 5.40. The van der Waals surface area contributed by atoms with Crippen LogP contribution in [-0.2, 0) is 10.0 Å². The average molecular weight is 326 g/mol. The first-order valence-corrected chi connectivity index (χ1v) is 6.93. The van der Waals surface area contributed by atoms with Gasteiger partial charge in [-0.3, -0.25) is 10.1 Å². The minimum absolute atomic E-state index is 0. The van der Waals surface area contributed by atoms with E-state index in [0.717, 1.165) is 6.07 Å². The quantitative estimate of drug-likeness (QED) is 0.431. The molecule has 114 valence electrons. The Hall–Kier alpha value is -1.42. The Balaban J connectivity index is 0.00000361. The lowest BCUT2D eigenvalue weighted by Crippen LogP contribution is -2.26. The highest BCUT2D eigenvalue weighted by Gasteiger charge is 2.21. The number of nitro benzene ring substituents is 1. The van der Waals surface area contributed by atoms with Gasteiger partial charge in [0.1, 0.15) is 0 Å². The molecule has 1 aromatic carbocycles. The van der Waals surface area contributed by atoms with Gasteiger partial charge in [0.15, 0.2) is 5.75 Å². The molecule has 0 fully saturated rings. The zero-order valence-electron chi connectivity index (χ0n) is 10.7. The van der Waals surface area contributed by atoms with Crippen LogP contribution in [0.15, 0.2) is 23.1 Å². The van der Waals surface area contributed by atoms with Crippen molar-refractivity contribution in [3.8, 4) is 5.75 Å². The fourth-order valence-electron chi connectivity index (χ4n) is 1.37. The Kier molecular flexibility index (Phi) is 7.43. The first-order valence-electron chi connectivity index (χ1n) is 5.44. The Bertz CT molecular complexity index is 564.